The molecule has 120 valence electrons. The first-order valence-corrected chi connectivity index (χ1v) is 7.36. The molecule has 0 aromatic heterocycles. The van der Waals surface area contributed by atoms with Crippen LogP contribution in [-0.2, 0) is 9.53 Å². The molecule has 1 heterocycles. The highest BCUT2D eigenvalue weighted by Crippen LogP contribution is 2.22. The molecule has 0 unspecified atom stereocenters. The molecule has 1 saturated heterocycles. The zero-order valence-corrected chi connectivity index (χ0v) is 12.8. The third-order valence-corrected chi connectivity index (χ3v) is 3.80. The smallest absolute Gasteiger partial charge is 0.309 e. The largest absolute Gasteiger partial charge is 0.494 e. The van der Waals surface area contributed by atoms with Crippen LogP contribution in [0.15, 0.2) is 18.2 Å². The van der Waals surface area contributed by atoms with Crippen LogP contribution in [0, 0.1) is 11.7 Å². The number of piperidine rings is 1. The van der Waals surface area contributed by atoms with Crippen LogP contribution in [-0.4, -0.2) is 43.6 Å². The monoisotopic (exact) mass is 309 g/mol. The summed E-state index contributed by atoms with van der Waals surface area (Å²) in [5, 5.41) is 0. The van der Waals surface area contributed by atoms with Gasteiger partial charge in [0.1, 0.15) is 0 Å². The first-order chi connectivity index (χ1) is 10.6. The van der Waals surface area contributed by atoms with Crippen LogP contribution in [0.4, 0.5) is 4.39 Å². The number of amides is 1. The van der Waals surface area contributed by atoms with Gasteiger partial charge in [-0.2, -0.15) is 0 Å². The van der Waals surface area contributed by atoms with Crippen molar-refractivity contribution in [2.24, 2.45) is 5.92 Å². The molecule has 1 fully saturated rings. The van der Waals surface area contributed by atoms with Gasteiger partial charge in [0.15, 0.2) is 11.6 Å². The Balaban J connectivity index is 1.98. The minimum absolute atomic E-state index is 0.109. The summed E-state index contributed by atoms with van der Waals surface area (Å²) in [7, 11) is 1.38. The third kappa shape index (κ3) is 3.55. The van der Waals surface area contributed by atoms with E-state index in [-0.39, 0.29) is 29.1 Å². The van der Waals surface area contributed by atoms with Gasteiger partial charge >= 0.3 is 5.97 Å². The van der Waals surface area contributed by atoms with Crippen molar-refractivity contribution in [3.05, 3.63) is 29.6 Å². The van der Waals surface area contributed by atoms with Gasteiger partial charge in [-0.15, -0.1) is 0 Å². The molecule has 22 heavy (non-hydrogen) atoms. The molecule has 0 N–H and O–H groups in total. The van der Waals surface area contributed by atoms with Crippen molar-refractivity contribution < 1.29 is 23.5 Å². The van der Waals surface area contributed by atoms with Crippen molar-refractivity contribution in [1.29, 1.82) is 0 Å². The van der Waals surface area contributed by atoms with Gasteiger partial charge in [-0.25, -0.2) is 4.39 Å². The molecule has 1 aliphatic heterocycles. The fourth-order valence-electron chi connectivity index (χ4n) is 2.56. The number of hydrogen-bond donors (Lipinski definition) is 0. The topological polar surface area (TPSA) is 55.8 Å². The molecular weight excluding hydrogens is 289 g/mol. The maximum absolute atomic E-state index is 13.7. The number of hydrogen-bond acceptors (Lipinski definition) is 4. The minimum Gasteiger partial charge on any atom is -0.494 e. The average molecular weight is 309 g/mol. The zero-order chi connectivity index (χ0) is 16.1. The van der Waals surface area contributed by atoms with Crippen molar-refractivity contribution >= 4 is 11.9 Å². The Kier molecular flexibility index (Phi) is 5.35. The highest BCUT2D eigenvalue weighted by molar-refractivity contribution is 5.94. The predicted molar refractivity (Wildman–Crippen MR) is 78.2 cm³/mol. The van der Waals surface area contributed by atoms with E-state index in [9.17, 15) is 14.0 Å². The summed E-state index contributed by atoms with van der Waals surface area (Å²) >= 11 is 0. The number of benzene rings is 1. The summed E-state index contributed by atoms with van der Waals surface area (Å²) in [5.41, 5.74) is 0.285. The number of halogens is 1. The van der Waals surface area contributed by atoms with E-state index in [1.54, 1.807) is 17.9 Å². The van der Waals surface area contributed by atoms with Crippen LogP contribution < -0.4 is 4.74 Å². The first kappa shape index (κ1) is 16.3. The van der Waals surface area contributed by atoms with E-state index in [4.69, 9.17) is 9.47 Å². The molecule has 0 atom stereocenters. The van der Waals surface area contributed by atoms with Gasteiger partial charge in [0, 0.05) is 18.7 Å². The molecule has 2 rings (SSSR count). The van der Waals surface area contributed by atoms with Crippen LogP contribution in [0.2, 0.25) is 0 Å². The maximum Gasteiger partial charge on any atom is 0.309 e. The normalized spacial score (nSPS) is 15.5. The Hall–Kier alpha value is -2.11. The molecule has 0 saturated carbocycles. The van der Waals surface area contributed by atoms with E-state index >= 15 is 0 Å². The summed E-state index contributed by atoms with van der Waals surface area (Å²) < 4.78 is 23.5. The molecule has 0 bridgehead atoms. The Morgan fingerprint density at radius 1 is 1.32 bits per heavy atom. The molecule has 1 aliphatic rings. The molecular formula is C16H20FNO4. The molecule has 0 spiro atoms. The van der Waals surface area contributed by atoms with Crippen molar-refractivity contribution in [3.8, 4) is 5.75 Å². The number of likely N-dealkylation sites (tertiary alicyclic amines) is 1. The Labute approximate surface area is 129 Å². The standard InChI is InChI=1S/C16H20FNO4/c1-3-22-16(20)11-6-8-18(9-7-11)15(19)12-4-5-14(21-2)13(17)10-12/h4-5,10-11H,3,6-9H2,1-2H3. The second-order valence-electron chi connectivity index (χ2n) is 5.17. The van der Waals surface area contributed by atoms with E-state index < -0.39 is 5.82 Å². The number of carbonyl (C=O) groups excluding carboxylic acids is 2. The van der Waals surface area contributed by atoms with Gasteiger partial charge < -0.3 is 14.4 Å². The highest BCUT2D eigenvalue weighted by atomic mass is 19.1. The van der Waals surface area contributed by atoms with Gasteiger partial charge in [-0.1, -0.05) is 0 Å². The Bertz CT molecular complexity index is 553. The SMILES string of the molecule is CCOC(=O)C1CCN(C(=O)c2ccc(OC)c(F)c2)CC1. The lowest BCUT2D eigenvalue weighted by Gasteiger charge is -2.31. The van der Waals surface area contributed by atoms with Crippen molar-refractivity contribution in [2.45, 2.75) is 19.8 Å². The van der Waals surface area contributed by atoms with E-state index in [2.05, 4.69) is 0 Å². The Morgan fingerprint density at radius 2 is 2.00 bits per heavy atom. The Morgan fingerprint density at radius 3 is 2.55 bits per heavy atom. The number of nitrogens with zero attached hydrogens (tertiary/aromatic N) is 1. The fraction of sp³-hybridized carbons (Fsp3) is 0.500. The van der Waals surface area contributed by atoms with Crippen LogP contribution in [0.5, 0.6) is 5.75 Å². The molecule has 5 nitrogen and oxygen atoms in total. The lowest BCUT2D eigenvalue weighted by molar-refractivity contribution is -0.149. The van der Waals surface area contributed by atoms with Gasteiger partial charge in [0.2, 0.25) is 0 Å². The van der Waals surface area contributed by atoms with Crippen LogP contribution in [0.1, 0.15) is 30.1 Å². The fourth-order valence-corrected chi connectivity index (χ4v) is 2.56. The van der Waals surface area contributed by atoms with Gasteiger partial charge in [0.25, 0.3) is 5.91 Å². The van der Waals surface area contributed by atoms with Crippen LogP contribution in [0.25, 0.3) is 0 Å². The van der Waals surface area contributed by atoms with Crippen molar-refractivity contribution in [1.82, 2.24) is 4.90 Å². The van der Waals surface area contributed by atoms with Crippen molar-refractivity contribution in [2.75, 3.05) is 26.8 Å². The number of rotatable bonds is 4. The van der Waals surface area contributed by atoms with E-state index in [0.29, 0.717) is 32.5 Å². The molecule has 1 amide bonds. The zero-order valence-electron chi connectivity index (χ0n) is 12.8. The van der Waals surface area contributed by atoms with Crippen LogP contribution >= 0.6 is 0 Å². The second kappa shape index (κ2) is 7.24. The summed E-state index contributed by atoms with van der Waals surface area (Å²) in [6.45, 7) is 3.07. The molecule has 6 heteroatoms. The van der Waals surface area contributed by atoms with Gasteiger partial charge in [0.05, 0.1) is 19.6 Å². The van der Waals surface area contributed by atoms with Gasteiger partial charge in [-0.3, -0.25) is 9.59 Å². The van der Waals surface area contributed by atoms with Crippen molar-refractivity contribution in [3.63, 3.8) is 0 Å². The minimum atomic E-state index is -0.560. The molecule has 1 aromatic carbocycles. The lowest BCUT2D eigenvalue weighted by atomic mass is 9.96. The van der Waals surface area contributed by atoms with E-state index in [1.807, 2.05) is 0 Å². The summed E-state index contributed by atoms with van der Waals surface area (Å²) in [4.78, 5) is 25.7. The summed E-state index contributed by atoms with van der Waals surface area (Å²) in [6, 6.07) is 4.16. The maximum atomic E-state index is 13.7. The van der Waals surface area contributed by atoms with E-state index in [0.717, 1.165) is 0 Å². The summed E-state index contributed by atoms with van der Waals surface area (Å²) in [5.74, 6) is -1.04. The third-order valence-electron chi connectivity index (χ3n) is 3.80. The predicted octanol–water partition coefficient (Wildman–Crippen LogP) is 2.25. The van der Waals surface area contributed by atoms with Crippen LogP contribution in [0.3, 0.4) is 0 Å². The molecule has 0 aliphatic carbocycles. The number of carbonyl (C=O) groups is 2. The first-order valence-electron chi connectivity index (χ1n) is 7.36. The quantitative estimate of drug-likeness (QED) is 0.801. The number of esters is 1. The molecule has 1 aromatic rings. The number of ether oxygens (including phenoxy) is 2. The number of methoxy groups -OCH3 is 1. The highest BCUT2D eigenvalue weighted by Gasteiger charge is 2.28. The summed E-state index contributed by atoms with van der Waals surface area (Å²) in [6.07, 6.45) is 1.15. The second-order valence-corrected chi connectivity index (χ2v) is 5.17. The average Bonchev–Trinajstić information content (AvgIpc) is 2.54. The van der Waals surface area contributed by atoms with E-state index in [1.165, 1.54) is 19.2 Å². The molecule has 0 radical (unpaired) electrons. The lowest BCUT2D eigenvalue weighted by Crippen LogP contribution is -2.40. The van der Waals surface area contributed by atoms with Gasteiger partial charge in [-0.05, 0) is 38.0 Å².